The van der Waals surface area contributed by atoms with E-state index in [-0.39, 0.29) is 12.1 Å². The number of likely N-dealkylation sites (tertiary alicyclic amines) is 1. The SMILES string of the molecule is CCOC(=O)N1CCC(Nc2nncc(NC3CCCCCC3)n2)CC1. The molecular weight excluding hydrogens is 332 g/mol. The first-order chi connectivity index (χ1) is 12.7. The van der Waals surface area contributed by atoms with Crippen LogP contribution >= 0.6 is 0 Å². The van der Waals surface area contributed by atoms with Crippen LogP contribution in [0.1, 0.15) is 58.3 Å². The molecule has 0 radical (unpaired) electrons. The largest absolute Gasteiger partial charge is 0.450 e. The minimum Gasteiger partial charge on any atom is -0.450 e. The van der Waals surface area contributed by atoms with E-state index in [1.165, 1.54) is 38.5 Å². The lowest BCUT2D eigenvalue weighted by molar-refractivity contribution is 0.0983. The number of nitrogens with one attached hydrogen (secondary N) is 2. The van der Waals surface area contributed by atoms with Gasteiger partial charge in [0.1, 0.15) is 0 Å². The van der Waals surface area contributed by atoms with Crippen LogP contribution in [0.5, 0.6) is 0 Å². The third-order valence-corrected chi connectivity index (χ3v) is 5.12. The Morgan fingerprint density at radius 1 is 1.12 bits per heavy atom. The predicted molar refractivity (Wildman–Crippen MR) is 100 cm³/mol. The molecule has 1 aromatic rings. The van der Waals surface area contributed by atoms with Gasteiger partial charge >= 0.3 is 6.09 Å². The van der Waals surface area contributed by atoms with Crippen LogP contribution in [-0.4, -0.2) is 58.0 Å². The van der Waals surface area contributed by atoms with Crippen LogP contribution in [0.2, 0.25) is 0 Å². The molecule has 8 heteroatoms. The van der Waals surface area contributed by atoms with Crippen LogP contribution in [-0.2, 0) is 4.74 Å². The number of ether oxygens (including phenoxy) is 1. The average Bonchev–Trinajstić information content (AvgIpc) is 2.91. The van der Waals surface area contributed by atoms with Crippen molar-refractivity contribution >= 4 is 17.9 Å². The number of piperidine rings is 1. The van der Waals surface area contributed by atoms with Crippen molar-refractivity contribution in [2.75, 3.05) is 30.3 Å². The maximum absolute atomic E-state index is 11.8. The van der Waals surface area contributed by atoms with Crippen LogP contribution in [0.25, 0.3) is 0 Å². The van der Waals surface area contributed by atoms with Gasteiger partial charge in [-0.1, -0.05) is 25.7 Å². The summed E-state index contributed by atoms with van der Waals surface area (Å²) in [5.74, 6) is 1.34. The summed E-state index contributed by atoms with van der Waals surface area (Å²) in [6.45, 7) is 3.61. The second kappa shape index (κ2) is 9.54. The van der Waals surface area contributed by atoms with Crippen LogP contribution in [0.15, 0.2) is 6.20 Å². The van der Waals surface area contributed by atoms with E-state index in [2.05, 4.69) is 25.8 Å². The van der Waals surface area contributed by atoms with E-state index in [4.69, 9.17) is 4.74 Å². The lowest BCUT2D eigenvalue weighted by atomic mass is 10.1. The predicted octanol–water partition coefficient (Wildman–Crippen LogP) is 3.04. The highest BCUT2D eigenvalue weighted by Crippen LogP contribution is 2.21. The van der Waals surface area contributed by atoms with Gasteiger partial charge in [0.15, 0.2) is 5.82 Å². The van der Waals surface area contributed by atoms with E-state index >= 15 is 0 Å². The number of amides is 1. The zero-order valence-corrected chi connectivity index (χ0v) is 15.6. The number of anilines is 2. The van der Waals surface area contributed by atoms with E-state index in [0.29, 0.717) is 31.7 Å². The second-order valence-corrected chi connectivity index (χ2v) is 7.10. The van der Waals surface area contributed by atoms with Crippen molar-refractivity contribution in [2.45, 2.75) is 70.4 Å². The molecule has 0 unspecified atom stereocenters. The highest BCUT2D eigenvalue weighted by Gasteiger charge is 2.24. The number of carbonyl (C=O) groups is 1. The standard InChI is InChI=1S/C18H30N6O2/c1-2-26-18(25)24-11-9-15(10-12-24)21-17-22-16(13-19-23-17)20-14-7-5-3-4-6-8-14/h13-15H,2-12H2,1H3,(H2,20,21,22,23). The van der Waals surface area contributed by atoms with Crippen LogP contribution in [0.4, 0.5) is 16.6 Å². The van der Waals surface area contributed by atoms with E-state index in [1.807, 2.05) is 6.92 Å². The van der Waals surface area contributed by atoms with Gasteiger partial charge in [-0.05, 0) is 32.6 Å². The number of hydrogen-bond donors (Lipinski definition) is 2. The van der Waals surface area contributed by atoms with Crippen molar-refractivity contribution in [1.82, 2.24) is 20.1 Å². The van der Waals surface area contributed by atoms with E-state index < -0.39 is 0 Å². The molecule has 26 heavy (non-hydrogen) atoms. The minimum absolute atomic E-state index is 0.224. The summed E-state index contributed by atoms with van der Waals surface area (Å²) in [6, 6.07) is 0.727. The Labute approximate surface area is 155 Å². The highest BCUT2D eigenvalue weighted by molar-refractivity contribution is 5.67. The van der Waals surface area contributed by atoms with E-state index in [0.717, 1.165) is 18.7 Å². The highest BCUT2D eigenvalue weighted by atomic mass is 16.6. The maximum Gasteiger partial charge on any atom is 0.409 e. The smallest absolute Gasteiger partial charge is 0.409 e. The molecule has 0 atom stereocenters. The quantitative estimate of drug-likeness (QED) is 0.778. The fourth-order valence-electron chi connectivity index (χ4n) is 3.67. The number of rotatable bonds is 5. The summed E-state index contributed by atoms with van der Waals surface area (Å²) >= 11 is 0. The Hall–Kier alpha value is -2.12. The van der Waals surface area contributed by atoms with Gasteiger partial charge in [-0.2, -0.15) is 10.1 Å². The van der Waals surface area contributed by atoms with Crippen LogP contribution in [0, 0.1) is 0 Å². The van der Waals surface area contributed by atoms with E-state index in [9.17, 15) is 4.79 Å². The molecule has 1 aliphatic heterocycles. The topological polar surface area (TPSA) is 92.3 Å². The van der Waals surface area contributed by atoms with Gasteiger partial charge in [0.2, 0.25) is 5.95 Å². The molecule has 2 heterocycles. The summed E-state index contributed by atoms with van der Waals surface area (Å²) in [6.07, 6.45) is 10.8. The number of carbonyl (C=O) groups excluding carboxylic acids is 1. The van der Waals surface area contributed by atoms with Crippen LogP contribution < -0.4 is 10.6 Å². The Kier molecular flexibility index (Phi) is 6.85. The third kappa shape index (κ3) is 5.44. The fraction of sp³-hybridized carbons (Fsp3) is 0.778. The first-order valence-electron chi connectivity index (χ1n) is 9.89. The molecule has 144 valence electrons. The molecule has 1 aliphatic carbocycles. The van der Waals surface area contributed by atoms with Gasteiger partial charge in [0, 0.05) is 25.2 Å². The zero-order valence-electron chi connectivity index (χ0n) is 15.6. The average molecular weight is 362 g/mol. The van der Waals surface area contributed by atoms with Gasteiger partial charge in [-0.3, -0.25) is 0 Å². The molecule has 1 aromatic heterocycles. The maximum atomic E-state index is 11.8. The van der Waals surface area contributed by atoms with Crippen molar-refractivity contribution in [1.29, 1.82) is 0 Å². The Morgan fingerprint density at radius 2 is 1.81 bits per heavy atom. The molecular formula is C18H30N6O2. The van der Waals surface area contributed by atoms with Crippen molar-refractivity contribution in [2.24, 2.45) is 0 Å². The molecule has 0 spiro atoms. The molecule has 0 aromatic carbocycles. The van der Waals surface area contributed by atoms with Crippen molar-refractivity contribution < 1.29 is 9.53 Å². The number of nitrogens with zero attached hydrogens (tertiary/aromatic N) is 4. The number of aromatic nitrogens is 3. The molecule has 8 nitrogen and oxygen atoms in total. The molecule has 3 rings (SSSR count). The number of hydrogen-bond acceptors (Lipinski definition) is 7. The lowest BCUT2D eigenvalue weighted by Gasteiger charge is -2.31. The van der Waals surface area contributed by atoms with Crippen molar-refractivity contribution in [3.8, 4) is 0 Å². The Balaban J connectivity index is 1.49. The van der Waals surface area contributed by atoms with Crippen molar-refractivity contribution in [3.63, 3.8) is 0 Å². The zero-order chi connectivity index (χ0) is 18.2. The monoisotopic (exact) mass is 362 g/mol. The summed E-state index contributed by atoms with van der Waals surface area (Å²) in [7, 11) is 0. The fourth-order valence-corrected chi connectivity index (χ4v) is 3.67. The molecule has 2 N–H and O–H groups in total. The Morgan fingerprint density at radius 3 is 2.50 bits per heavy atom. The summed E-state index contributed by atoms with van der Waals surface area (Å²) in [5, 5.41) is 15.1. The van der Waals surface area contributed by atoms with Gasteiger partial charge in [-0.25, -0.2) is 4.79 Å². The lowest BCUT2D eigenvalue weighted by Crippen LogP contribution is -2.42. The molecule has 2 aliphatic rings. The second-order valence-electron chi connectivity index (χ2n) is 7.10. The van der Waals surface area contributed by atoms with Crippen LogP contribution in [0.3, 0.4) is 0 Å². The minimum atomic E-state index is -0.224. The van der Waals surface area contributed by atoms with Gasteiger partial charge in [-0.15, -0.1) is 5.10 Å². The van der Waals surface area contributed by atoms with E-state index in [1.54, 1.807) is 11.1 Å². The first kappa shape index (κ1) is 18.7. The molecule has 1 saturated carbocycles. The molecule has 2 fully saturated rings. The summed E-state index contributed by atoms with van der Waals surface area (Å²) in [5.41, 5.74) is 0. The van der Waals surface area contributed by atoms with Gasteiger partial charge in [0.25, 0.3) is 0 Å². The molecule has 1 amide bonds. The third-order valence-electron chi connectivity index (χ3n) is 5.12. The normalized spacial score (nSPS) is 19.7. The molecule has 0 bridgehead atoms. The van der Waals surface area contributed by atoms with Gasteiger partial charge in [0.05, 0.1) is 12.8 Å². The Bertz CT molecular complexity index is 569. The van der Waals surface area contributed by atoms with Crippen molar-refractivity contribution in [3.05, 3.63) is 6.20 Å². The summed E-state index contributed by atoms with van der Waals surface area (Å²) < 4.78 is 5.06. The first-order valence-corrected chi connectivity index (χ1v) is 9.89. The summed E-state index contributed by atoms with van der Waals surface area (Å²) in [4.78, 5) is 18.1. The van der Waals surface area contributed by atoms with Gasteiger partial charge < -0.3 is 20.3 Å². The molecule has 1 saturated heterocycles.